The van der Waals surface area contributed by atoms with Crippen molar-refractivity contribution < 1.29 is 14.7 Å². The number of piperidine rings is 1. The van der Waals surface area contributed by atoms with E-state index in [-0.39, 0.29) is 46.5 Å². The molecule has 2 aliphatic rings. The maximum absolute atomic E-state index is 13.2. The van der Waals surface area contributed by atoms with Crippen molar-refractivity contribution in [3.8, 4) is 5.75 Å². The molecule has 7 heteroatoms. The fourth-order valence-corrected chi connectivity index (χ4v) is 5.13. The molecule has 3 atom stereocenters. The topological polar surface area (TPSA) is 116 Å². The lowest BCUT2D eigenvalue weighted by atomic mass is 9.74. The first kappa shape index (κ1) is 24.4. The van der Waals surface area contributed by atoms with Crippen LogP contribution in [0, 0.1) is 5.41 Å². The number of carbonyl (C=O) groups is 2. The number of hydrogen-bond acceptors (Lipinski definition) is 6. The maximum Gasteiger partial charge on any atom is 0.251 e. The Morgan fingerprint density at radius 1 is 1.06 bits per heavy atom. The molecule has 0 saturated carbocycles. The van der Waals surface area contributed by atoms with Crippen LogP contribution in [0.1, 0.15) is 77.4 Å². The molecule has 0 aliphatic carbocycles. The minimum atomic E-state index is -0.267. The van der Waals surface area contributed by atoms with Gasteiger partial charge in [0.05, 0.1) is 5.56 Å². The van der Waals surface area contributed by atoms with E-state index < -0.39 is 0 Å². The number of benzene rings is 2. The number of phenols is 1. The summed E-state index contributed by atoms with van der Waals surface area (Å²) in [5.41, 5.74) is 8.41. The number of amides is 1. The molecule has 2 aliphatic heterocycles. The molecule has 2 aromatic rings. The van der Waals surface area contributed by atoms with Gasteiger partial charge >= 0.3 is 0 Å². The summed E-state index contributed by atoms with van der Waals surface area (Å²) >= 11 is 0. The normalized spacial score (nSPS) is 24.7. The Balaban J connectivity index is 1.50. The molecular formula is C27H36N4O3. The van der Waals surface area contributed by atoms with Crippen molar-refractivity contribution in [1.29, 1.82) is 0 Å². The van der Waals surface area contributed by atoms with Crippen LogP contribution in [0.3, 0.4) is 0 Å². The van der Waals surface area contributed by atoms with Gasteiger partial charge in [-0.25, -0.2) is 0 Å². The van der Waals surface area contributed by atoms with Crippen molar-refractivity contribution in [3.63, 3.8) is 0 Å². The van der Waals surface area contributed by atoms with Crippen molar-refractivity contribution in [3.05, 3.63) is 64.7 Å². The second-order valence-corrected chi connectivity index (χ2v) is 10.3. The van der Waals surface area contributed by atoms with Gasteiger partial charge in [0, 0.05) is 35.8 Å². The maximum atomic E-state index is 13.2. The second-order valence-electron chi connectivity index (χ2n) is 10.3. The average molecular weight is 465 g/mol. The van der Waals surface area contributed by atoms with Gasteiger partial charge in [0.15, 0.2) is 5.78 Å². The minimum absolute atomic E-state index is 0.0415. The molecule has 0 bridgehead atoms. The van der Waals surface area contributed by atoms with Gasteiger partial charge in [-0.2, -0.15) is 0 Å². The summed E-state index contributed by atoms with van der Waals surface area (Å²) in [6.45, 7) is 6.96. The first-order valence-corrected chi connectivity index (χ1v) is 12.2. The molecule has 0 aromatic heterocycles. The standard InChI is InChI=1S/C27H36N4O3/c1-27(2)12-4-14-30-25(27)19-10-11-23(32)20(15-19)24(33)17-6-8-18(9-7-17)26(34)31-22-5-3-13-29-16-21(22)28/h6-11,15,21-22,25,29-30,32H,3-5,12-14,16,28H2,1-2H3,(H,31,34)/t21-,22-,25?/m1/s1. The number of nitrogens with two attached hydrogens (primary N) is 1. The molecule has 1 amide bonds. The van der Waals surface area contributed by atoms with E-state index >= 15 is 0 Å². The SMILES string of the molecule is CC1(C)CCCNC1c1ccc(O)c(C(=O)c2ccc(C(=O)N[C@@H]3CCCNC[C@H]3N)cc2)c1. The lowest BCUT2D eigenvalue weighted by Gasteiger charge is -2.40. The molecule has 2 saturated heterocycles. The van der Waals surface area contributed by atoms with E-state index in [0.29, 0.717) is 17.7 Å². The zero-order valence-electron chi connectivity index (χ0n) is 20.1. The predicted octanol–water partition coefficient (Wildman–Crippen LogP) is 2.88. The highest BCUT2D eigenvalue weighted by atomic mass is 16.3. The fourth-order valence-electron chi connectivity index (χ4n) is 5.13. The molecule has 182 valence electrons. The Bertz CT molecular complexity index is 1030. The van der Waals surface area contributed by atoms with Crippen molar-refractivity contribution >= 4 is 11.7 Å². The Morgan fingerprint density at radius 3 is 2.53 bits per heavy atom. The van der Waals surface area contributed by atoms with E-state index in [1.165, 1.54) is 0 Å². The molecule has 0 radical (unpaired) electrons. The van der Waals surface area contributed by atoms with E-state index in [2.05, 4.69) is 29.8 Å². The molecule has 2 fully saturated rings. The molecule has 1 unspecified atom stereocenters. The van der Waals surface area contributed by atoms with Crippen LogP contribution < -0.4 is 21.7 Å². The van der Waals surface area contributed by atoms with Crippen molar-refractivity contribution in [1.82, 2.24) is 16.0 Å². The highest BCUT2D eigenvalue weighted by Gasteiger charge is 2.33. The van der Waals surface area contributed by atoms with Crippen LogP contribution in [-0.2, 0) is 0 Å². The summed E-state index contributed by atoms with van der Waals surface area (Å²) in [5.74, 6) is -0.506. The van der Waals surface area contributed by atoms with Crippen molar-refractivity contribution in [2.45, 2.75) is 57.7 Å². The molecule has 2 aromatic carbocycles. The number of phenolic OH excluding ortho intramolecular Hbond substituents is 1. The number of rotatable bonds is 5. The van der Waals surface area contributed by atoms with Gasteiger partial charge in [-0.15, -0.1) is 0 Å². The van der Waals surface area contributed by atoms with Gasteiger partial charge in [-0.3, -0.25) is 9.59 Å². The largest absolute Gasteiger partial charge is 0.507 e. The summed E-state index contributed by atoms with van der Waals surface area (Å²) in [4.78, 5) is 26.0. The number of aromatic hydroxyl groups is 1. The summed E-state index contributed by atoms with van der Waals surface area (Å²) in [7, 11) is 0. The first-order chi connectivity index (χ1) is 16.3. The van der Waals surface area contributed by atoms with Crippen LogP contribution >= 0.6 is 0 Å². The van der Waals surface area contributed by atoms with Gasteiger partial charge in [-0.05, 0) is 74.0 Å². The van der Waals surface area contributed by atoms with Crippen LogP contribution in [-0.4, -0.2) is 48.5 Å². The number of carbonyl (C=O) groups excluding carboxylic acids is 2. The zero-order valence-corrected chi connectivity index (χ0v) is 20.1. The Kier molecular flexibility index (Phi) is 7.36. The van der Waals surface area contributed by atoms with Gasteiger partial charge in [0.2, 0.25) is 0 Å². The van der Waals surface area contributed by atoms with E-state index in [0.717, 1.165) is 44.3 Å². The van der Waals surface area contributed by atoms with Crippen LogP contribution in [0.25, 0.3) is 0 Å². The third-order valence-corrected chi connectivity index (χ3v) is 7.22. The van der Waals surface area contributed by atoms with Gasteiger partial charge in [-0.1, -0.05) is 32.0 Å². The second kappa shape index (κ2) is 10.3. The molecule has 6 N–H and O–H groups in total. The number of hydrogen-bond donors (Lipinski definition) is 5. The number of ketones is 1. The summed E-state index contributed by atoms with van der Waals surface area (Å²) in [6, 6.07) is 11.8. The van der Waals surface area contributed by atoms with Crippen LogP contribution in [0.15, 0.2) is 42.5 Å². The minimum Gasteiger partial charge on any atom is -0.507 e. The zero-order chi connectivity index (χ0) is 24.3. The highest BCUT2D eigenvalue weighted by molar-refractivity contribution is 6.11. The molecule has 34 heavy (non-hydrogen) atoms. The molecule has 0 spiro atoms. The van der Waals surface area contributed by atoms with Crippen molar-refractivity contribution in [2.75, 3.05) is 19.6 Å². The Morgan fingerprint density at radius 2 is 1.79 bits per heavy atom. The molecular weight excluding hydrogens is 428 g/mol. The average Bonchev–Trinajstić information content (AvgIpc) is 3.03. The Labute approximate surface area is 201 Å². The fraction of sp³-hybridized carbons (Fsp3) is 0.481. The predicted molar refractivity (Wildman–Crippen MR) is 133 cm³/mol. The molecule has 2 heterocycles. The quantitative estimate of drug-likeness (QED) is 0.435. The van der Waals surface area contributed by atoms with E-state index in [1.54, 1.807) is 36.4 Å². The molecule has 4 rings (SSSR count). The van der Waals surface area contributed by atoms with Gasteiger partial charge in [0.25, 0.3) is 5.91 Å². The van der Waals surface area contributed by atoms with Crippen LogP contribution in [0.2, 0.25) is 0 Å². The smallest absolute Gasteiger partial charge is 0.251 e. The highest BCUT2D eigenvalue weighted by Crippen LogP contribution is 2.41. The third-order valence-electron chi connectivity index (χ3n) is 7.22. The van der Waals surface area contributed by atoms with Gasteiger partial charge in [0.1, 0.15) is 5.75 Å². The van der Waals surface area contributed by atoms with Crippen LogP contribution in [0.4, 0.5) is 0 Å². The molecule has 7 nitrogen and oxygen atoms in total. The lowest BCUT2D eigenvalue weighted by molar-refractivity contribution is 0.0928. The third kappa shape index (κ3) is 5.32. The van der Waals surface area contributed by atoms with Crippen molar-refractivity contribution in [2.24, 2.45) is 11.1 Å². The van der Waals surface area contributed by atoms with E-state index in [4.69, 9.17) is 5.73 Å². The summed E-state index contributed by atoms with van der Waals surface area (Å²) < 4.78 is 0. The number of nitrogens with one attached hydrogen (secondary N) is 3. The lowest BCUT2D eigenvalue weighted by Crippen LogP contribution is -2.50. The first-order valence-electron chi connectivity index (χ1n) is 12.2. The Hall–Kier alpha value is -2.74. The van der Waals surface area contributed by atoms with Gasteiger partial charge < -0.3 is 26.8 Å². The van der Waals surface area contributed by atoms with E-state index in [1.807, 2.05) is 6.07 Å². The van der Waals surface area contributed by atoms with E-state index in [9.17, 15) is 14.7 Å². The van der Waals surface area contributed by atoms with Crippen LogP contribution in [0.5, 0.6) is 5.75 Å². The summed E-state index contributed by atoms with van der Waals surface area (Å²) in [5, 5.41) is 20.3. The summed E-state index contributed by atoms with van der Waals surface area (Å²) in [6.07, 6.45) is 4.01. The monoisotopic (exact) mass is 464 g/mol.